The summed E-state index contributed by atoms with van der Waals surface area (Å²) in [6.45, 7) is 4.12. The Balaban J connectivity index is 1.70. The smallest absolute Gasteiger partial charge is 0.253 e. The molecular formula is C16H22BrN3O. The van der Waals surface area contributed by atoms with E-state index in [1.807, 2.05) is 17.0 Å². The van der Waals surface area contributed by atoms with E-state index < -0.39 is 0 Å². The first kappa shape index (κ1) is 14.9. The number of hydrogen-bond acceptors (Lipinski definition) is 3. The van der Waals surface area contributed by atoms with Gasteiger partial charge in [-0.25, -0.2) is 0 Å². The van der Waals surface area contributed by atoms with Gasteiger partial charge in [0.15, 0.2) is 0 Å². The highest BCUT2D eigenvalue weighted by Crippen LogP contribution is 2.24. The molecule has 0 radical (unpaired) electrons. The van der Waals surface area contributed by atoms with Gasteiger partial charge in [0.05, 0.1) is 0 Å². The van der Waals surface area contributed by atoms with Gasteiger partial charge in [-0.1, -0.05) is 0 Å². The van der Waals surface area contributed by atoms with E-state index in [0.29, 0.717) is 11.7 Å². The maximum Gasteiger partial charge on any atom is 0.253 e. The summed E-state index contributed by atoms with van der Waals surface area (Å²) in [4.78, 5) is 17.2. The van der Waals surface area contributed by atoms with E-state index in [1.54, 1.807) is 6.07 Å². The van der Waals surface area contributed by atoms with Gasteiger partial charge < -0.3 is 10.6 Å². The number of nitrogens with two attached hydrogens (primary N) is 1. The van der Waals surface area contributed by atoms with Crippen molar-refractivity contribution in [2.75, 3.05) is 31.9 Å². The van der Waals surface area contributed by atoms with Crippen molar-refractivity contribution in [2.45, 2.75) is 31.7 Å². The summed E-state index contributed by atoms with van der Waals surface area (Å²) in [6.07, 6.45) is 4.92. The zero-order valence-electron chi connectivity index (χ0n) is 12.2. The highest BCUT2D eigenvalue weighted by Gasteiger charge is 2.29. The van der Waals surface area contributed by atoms with E-state index in [2.05, 4.69) is 20.8 Å². The van der Waals surface area contributed by atoms with E-state index in [4.69, 9.17) is 5.73 Å². The summed E-state index contributed by atoms with van der Waals surface area (Å²) < 4.78 is 0.793. The Labute approximate surface area is 134 Å². The molecule has 1 aromatic rings. The first-order valence-electron chi connectivity index (χ1n) is 7.73. The molecular weight excluding hydrogens is 330 g/mol. The molecule has 114 valence electrons. The van der Waals surface area contributed by atoms with Crippen LogP contribution in [0.4, 0.5) is 5.69 Å². The maximum atomic E-state index is 12.7. The summed E-state index contributed by atoms with van der Waals surface area (Å²) >= 11 is 3.40. The van der Waals surface area contributed by atoms with Crippen molar-refractivity contribution in [1.82, 2.24) is 9.80 Å². The molecule has 1 atom stereocenters. The third-order valence-corrected chi connectivity index (χ3v) is 5.27. The highest BCUT2D eigenvalue weighted by molar-refractivity contribution is 9.10. The molecule has 3 rings (SSSR count). The molecule has 2 fully saturated rings. The molecule has 1 aromatic carbocycles. The molecule has 2 aliphatic rings. The third-order valence-electron chi connectivity index (χ3n) is 4.59. The van der Waals surface area contributed by atoms with Gasteiger partial charge in [-0.3, -0.25) is 9.69 Å². The third kappa shape index (κ3) is 3.24. The van der Waals surface area contributed by atoms with Gasteiger partial charge in [-0.15, -0.1) is 0 Å². The molecule has 0 aromatic heterocycles. The minimum Gasteiger partial charge on any atom is -0.398 e. The molecule has 1 unspecified atom stereocenters. The van der Waals surface area contributed by atoms with Crippen molar-refractivity contribution in [3.8, 4) is 0 Å². The number of carbonyl (C=O) groups is 1. The number of piperidine rings is 1. The number of amides is 1. The van der Waals surface area contributed by atoms with Gasteiger partial charge in [0.1, 0.15) is 0 Å². The van der Waals surface area contributed by atoms with Crippen molar-refractivity contribution in [1.29, 1.82) is 0 Å². The Morgan fingerprint density at radius 1 is 1.19 bits per heavy atom. The van der Waals surface area contributed by atoms with Gasteiger partial charge in [0, 0.05) is 34.9 Å². The van der Waals surface area contributed by atoms with Crippen molar-refractivity contribution >= 4 is 27.5 Å². The number of likely N-dealkylation sites (tertiary alicyclic amines) is 2. The normalized spacial score (nSPS) is 23.5. The second kappa shape index (κ2) is 6.36. The fourth-order valence-electron chi connectivity index (χ4n) is 3.39. The number of rotatable bonds is 2. The number of benzene rings is 1. The minimum atomic E-state index is 0.125. The SMILES string of the molecule is Nc1ccc(C(=O)N2CCCC(N3CCCC3)C2)cc1Br. The van der Waals surface area contributed by atoms with Crippen molar-refractivity contribution in [3.63, 3.8) is 0 Å². The minimum absolute atomic E-state index is 0.125. The number of carbonyl (C=O) groups excluding carboxylic acids is 1. The molecule has 0 aliphatic carbocycles. The number of nitrogens with zero attached hydrogens (tertiary/aromatic N) is 2. The van der Waals surface area contributed by atoms with Crippen LogP contribution in [0.2, 0.25) is 0 Å². The number of nitrogen functional groups attached to an aromatic ring is 1. The summed E-state index contributed by atoms with van der Waals surface area (Å²) in [5.74, 6) is 0.125. The van der Waals surface area contributed by atoms with Crippen molar-refractivity contribution in [3.05, 3.63) is 28.2 Å². The van der Waals surface area contributed by atoms with E-state index in [-0.39, 0.29) is 5.91 Å². The lowest BCUT2D eigenvalue weighted by Gasteiger charge is -2.37. The predicted octanol–water partition coefficient (Wildman–Crippen LogP) is 2.73. The van der Waals surface area contributed by atoms with Crippen LogP contribution in [0, 0.1) is 0 Å². The van der Waals surface area contributed by atoms with Crippen LogP contribution in [0.15, 0.2) is 22.7 Å². The lowest BCUT2D eigenvalue weighted by molar-refractivity contribution is 0.0608. The quantitative estimate of drug-likeness (QED) is 0.833. The van der Waals surface area contributed by atoms with Crippen LogP contribution in [0.1, 0.15) is 36.0 Å². The molecule has 2 N–H and O–H groups in total. The lowest BCUT2D eigenvalue weighted by Crippen LogP contribution is -2.49. The molecule has 0 saturated carbocycles. The second-order valence-corrected chi connectivity index (χ2v) is 6.88. The number of halogens is 1. The van der Waals surface area contributed by atoms with Gasteiger partial charge >= 0.3 is 0 Å². The number of anilines is 1. The summed E-state index contributed by atoms with van der Waals surface area (Å²) in [6, 6.07) is 5.99. The topological polar surface area (TPSA) is 49.6 Å². The Hall–Kier alpha value is -1.07. The summed E-state index contributed by atoms with van der Waals surface area (Å²) in [5, 5.41) is 0. The van der Waals surface area contributed by atoms with Gasteiger partial charge in [-0.05, 0) is 72.9 Å². The molecule has 0 spiro atoms. The average Bonchev–Trinajstić information content (AvgIpc) is 3.04. The fourth-order valence-corrected chi connectivity index (χ4v) is 3.77. The highest BCUT2D eigenvalue weighted by atomic mass is 79.9. The standard InChI is InChI=1S/C16H22BrN3O/c17-14-10-12(5-6-15(14)18)16(21)20-9-3-4-13(11-20)19-7-1-2-8-19/h5-6,10,13H,1-4,7-9,11,18H2. The first-order valence-corrected chi connectivity index (χ1v) is 8.53. The summed E-state index contributed by atoms with van der Waals surface area (Å²) in [5.41, 5.74) is 7.18. The maximum absolute atomic E-state index is 12.7. The molecule has 2 aliphatic heterocycles. The van der Waals surface area contributed by atoms with Crippen LogP contribution >= 0.6 is 15.9 Å². The molecule has 0 bridgehead atoms. The zero-order valence-corrected chi connectivity index (χ0v) is 13.8. The lowest BCUT2D eigenvalue weighted by atomic mass is 10.0. The molecule has 5 heteroatoms. The molecule has 2 saturated heterocycles. The largest absolute Gasteiger partial charge is 0.398 e. The Bertz CT molecular complexity index is 528. The van der Waals surface area contributed by atoms with Crippen LogP contribution in [0.3, 0.4) is 0 Å². The molecule has 4 nitrogen and oxygen atoms in total. The first-order chi connectivity index (χ1) is 10.1. The van der Waals surface area contributed by atoms with Crippen LogP contribution in [0.25, 0.3) is 0 Å². The van der Waals surface area contributed by atoms with E-state index in [0.717, 1.165) is 29.5 Å². The zero-order chi connectivity index (χ0) is 14.8. The fraction of sp³-hybridized carbons (Fsp3) is 0.562. The van der Waals surface area contributed by atoms with Crippen molar-refractivity contribution < 1.29 is 4.79 Å². The Morgan fingerprint density at radius 2 is 1.95 bits per heavy atom. The van der Waals surface area contributed by atoms with Gasteiger partial charge in [0.2, 0.25) is 0 Å². The predicted molar refractivity (Wildman–Crippen MR) is 88.3 cm³/mol. The van der Waals surface area contributed by atoms with Crippen molar-refractivity contribution in [2.24, 2.45) is 0 Å². The average molecular weight is 352 g/mol. The van der Waals surface area contributed by atoms with E-state index in [1.165, 1.54) is 32.4 Å². The van der Waals surface area contributed by atoms with E-state index in [9.17, 15) is 4.79 Å². The van der Waals surface area contributed by atoms with Crippen LogP contribution in [-0.2, 0) is 0 Å². The molecule has 1 amide bonds. The van der Waals surface area contributed by atoms with Crippen LogP contribution in [0.5, 0.6) is 0 Å². The van der Waals surface area contributed by atoms with Gasteiger partial charge in [-0.2, -0.15) is 0 Å². The monoisotopic (exact) mass is 351 g/mol. The van der Waals surface area contributed by atoms with E-state index >= 15 is 0 Å². The Morgan fingerprint density at radius 3 is 2.67 bits per heavy atom. The molecule has 21 heavy (non-hydrogen) atoms. The van der Waals surface area contributed by atoms with Crippen LogP contribution < -0.4 is 5.73 Å². The van der Waals surface area contributed by atoms with Crippen LogP contribution in [-0.4, -0.2) is 47.9 Å². The second-order valence-electron chi connectivity index (χ2n) is 6.03. The molecule has 2 heterocycles. The summed E-state index contributed by atoms with van der Waals surface area (Å²) in [7, 11) is 0. The van der Waals surface area contributed by atoms with Gasteiger partial charge in [0.25, 0.3) is 5.91 Å². The Kier molecular flexibility index (Phi) is 4.50. The number of hydrogen-bond donors (Lipinski definition) is 1.